The van der Waals surface area contributed by atoms with Crippen molar-refractivity contribution in [2.75, 3.05) is 6.54 Å². The number of sulfonamides is 1. The summed E-state index contributed by atoms with van der Waals surface area (Å²) in [6, 6.07) is 5.28. The van der Waals surface area contributed by atoms with Gasteiger partial charge in [-0.1, -0.05) is 12.5 Å². The molecule has 0 bridgehead atoms. The van der Waals surface area contributed by atoms with Crippen molar-refractivity contribution in [2.45, 2.75) is 37.1 Å². The normalized spacial score (nSPS) is 22.6. The molecule has 1 fully saturated rings. The van der Waals surface area contributed by atoms with Crippen LogP contribution in [0.3, 0.4) is 0 Å². The lowest BCUT2D eigenvalue weighted by Gasteiger charge is -2.20. The summed E-state index contributed by atoms with van der Waals surface area (Å²) in [5.74, 6) is 0.248. The van der Waals surface area contributed by atoms with E-state index in [9.17, 15) is 8.42 Å². The molecule has 4 nitrogen and oxygen atoms in total. The molecule has 0 heterocycles. The largest absolute Gasteiger partial charge is 0.330 e. The van der Waals surface area contributed by atoms with Crippen LogP contribution in [0.1, 0.15) is 24.8 Å². The Morgan fingerprint density at radius 3 is 2.75 bits per heavy atom. The second-order valence-electron chi connectivity index (χ2n) is 5.09. The molecule has 2 rings (SSSR count). The Morgan fingerprint density at radius 2 is 2.10 bits per heavy atom. The highest BCUT2D eigenvalue weighted by atomic mass is 79.9. The molecule has 7 heteroatoms. The number of nitrogens with one attached hydrogen (secondary N) is 1. The standard InChI is InChI=1S/C13H19BrN2O2S.ClH/c1-9-5-6-11(14)13(7-9)19(17,18)16-12-4-2-3-10(12)8-15;/h5-7,10,12,16H,2-4,8,15H2,1H3;1H. The summed E-state index contributed by atoms with van der Waals surface area (Å²) in [5, 5.41) is 0. The maximum Gasteiger partial charge on any atom is 0.241 e. The van der Waals surface area contributed by atoms with E-state index in [2.05, 4.69) is 20.7 Å². The number of rotatable bonds is 4. The number of aryl methyl sites for hydroxylation is 1. The maximum atomic E-state index is 12.4. The molecule has 0 spiro atoms. The molecule has 0 radical (unpaired) electrons. The van der Waals surface area contributed by atoms with Crippen molar-refractivity contribution >= 4 is 38.4 Å². The first-order valence-corrected chi connectivity index (χ1v) is 8.70. The highest BCUT2D eigenvalue weighted by Crippen LogP contribution is 2.28. The van der Waals surface area contributed by atoms with Crippen LogP contribution in [0.2, 0.25) is 0 Å². The first kappa shape index (κ1) is 17.9. The molecule has 2 atom stereocenters. The first-order valence-electron chi connectivity index (χ1n) is 6.42. The fraction of sp³-hybridized carbons (Fsp3) is 0.538. The molecule has 1 aliphatic carbocycles. The van der Waals surface area contributed by atoms with Crippen LogP contribution in [0.5, 0.6) is 0 Å². The summed E-state index contributed by atoms with van der Waals surface area (Å²) in [7, 11) is -3.49. The fourth-order valence-corrected chi connectivity index (χ4v) is 4.94. The lowest BCUT2D eigenvalue weighted by atomic mass is 10.1. The number of hydrogen-bond donors (Lipinski definition) is 2. The van der Waals surface area contributed by atoms with Crippen LogP contribution in [0, 0.1) is 12.8 Å². The van der Waals surface area contributed by atoms with Crippen LogP contribution < -0.4 is 10.5 Å². The van der Waals surface area contributed by atoms with Crippen molar-refractivity contribution in [3.8, 4) is 0 Å². The van der Waals surface area contributed by atoms with Gasteiger partial charge in [-0.2, -0.15) is 0 Å². The van der Waals surface area contributed by atoms with Gasteiger partial charge in [-0.15, -0.1) is 12.4 Å². The summed E-state index contributed by atoms with van der Waals surface area (Å²) in [4.78, 5) is 0.301. The van der Waals surface area contributed by atoms with Crippen LogP contribution in [0.15, 0.2) is 27.6 Å². The quantitative estimate of drug-likeness (QED) is 0.839. The molecule has 20 heavy (non-hydrogen) atoms. The van der Waals surface area contributed by atoms with E-state index in [1.54, 1.807) is 12.1 Å². The van der Waals surface area contributed by atoms with Gasteiger partial charge in [-0.05, 0) is 65.9 Å². The molecule has 2 unspecified atom stereocenters. The van der Waals surface area contributed by atoms with Crippen molar-refractivity contribution in [2.24, 2.45) is 11.7 Å². The lowest BCUT2D eigenvalue weighted by Crippen LogP contribution is -2.39. The molecule has 3 N–H and O–H groups in total. The van der Waals surface area contributed by atoms with Crippen LogP contribution in [0.25, 0.3) is 0 Å². The van der Waals surface area contributed by atoms with Crippen molar-refractivity contribution in [1.29, 1.82) is 0 Å². The highest BCUT2D eigenvalue weighted by molar-refractivity contribution is 9.10. The van der Waals surface area contributed by atoms with Gasteiger partial charge in [0.25, 0.3) is 0 Å². The van der Waals surface area contributed by atoms with Gasteiger partial charge < -0.3 is 5.73 Å². The number of halogens is 2. The van der Waals surface area contributed by atoms with E-state index in [-0.39, 0.29) is 24.4 Å². The molecule has 1 aliphatic rings. The van der Waals surface area contributed by atoms with Gasteiger partial charge in [0.1, 0.15) is 0 Å². The van der Waals surface area contributed by atoms with Gasteiger partial charge in [-0.25, -0.2) is 13.1 Å². The zero-order chi connectivity index (χ0) is 14.0. The Labute approximate surface area is 135 Å². The van der Waals surface area contributed by atoms with E-state index in [0.29, 0.717) is 15.9 Å². The number of nitrogens with two attached hydrogens (primary N) is 1. The fourth-order valence-electron chi connectivity index (χ4n) is 2.55. The SMILES string of the molecule is Cc1ccc(Br)c(S(=O)(=O)NC2CCCC2CN)c1.Cl. The second-order valence-corrected chi connectivity index (χ2v) is 7.63. The summed E-state index contributed by atoms with van der Waals surface area (Å²) in [6.07, 6.45) is 2.90. The monoisotopic (exact) mass is 382 g/mol. The number of benzene rings is 1. The summed E-state index contributed by atoms with van der Waals surface area (Å²) < 4.78 is 28.3. The van der Waals surface area contributed by atoms with E-state index < -0.39 is 10.0 Å². The Morgan fingerprint density at radius 1 is 1.40 bits per heavy atom. The van der Waals surface area contributed by atoms with Crippen molar-refractivity contribution in [3.63, 3.8) is 0 Å². The average molecular weight is 384 g/mol. The smallest absolute Gasteiger partial charge is 0.241 e. The third-order valence-corrected chi connectivity index (χ3v) is 6.13. The lowest BCUT2D eigenvalue weighted by molar-refractivity contribution is 0.452. The van der Waals surface area contributed by atoms with Gasteiger partial charge >= 0.3 is 0 Å². The van der Waals surface area contributed by atoms with E-state index >= 15 is 0 Å². The van der Waals surface area contributed by atoms with Crippen LogP contribution in [0.4, 0.5) is 0 Å². The summed E-state index contributed by atoms with van der Waals surface area (Å²) in [5.41, 5.74) is 6.61. The highest BCUT2D eigenvalue weighted by Gasteiger charge is 2.31. The minimum absolute atomic E-state index is 0. The minimum Gasteiger partial charge on any atom is -0.330 e. The predicted molar refractivity (Wildman–Crippen MR) is 86.6 cm³/mol. The van der Waals surface area contributed by atoms with Crippen LogP contribution in [-0.4, -0.2) is 21.0 Å². The van der Waals surface area contributed by atoms with Gasteiger partial charge in [-0.3, -0.25) is 0 Å². The van der Waals surface area contributed by atoms with Crippen LogP contribution >= 0.6 is 28.3 Å². The zero-order valence-corrected chi connectivity index (χ0v) is 14.5. The summed E-state index contributed by atoms with van der Waals surface area (Å²) in [6.45, 7) is 2.41. The molecule has 0 aliphatic heterocycles. The van der Waals surface area contributed by atoms with Gasteiger partial charge in [0.05, 0.1) is 4.90 Å². The van der Waals surface area contributed by atoms with E-state index in [1.165, 1.54) is 0 Å². The maximum absolute atomic E-state index is 12.4. The Bertz CT molecular complexity index is 565. The third-order valence-electron chi connectivity index (χ3n) is 3.64. The molecule has 114 valence electrons. The van der Waals surface area contributed by atoms with E-state index in [4.69, 9.17) is 5.73 Å². The molecule has 0 aromatic heterocycles. The summed E-state index contributed by atoms with van der Waals surface area (Å²) >= 11 is 3.30. The second kappa shape index (κ2) is 7.22. The Hall–Kier alpha value is -0.140. The molecule has 1 aromatic rings. The molecule has 1 aromatic carbocycles. The molecular formula is C13H20BrClN2O2S. The van der Waals surface area contributed by atoms with Crippen molar-refractivity contribution < 1.29 is 8.42 Å². The van der Waals surface area contributed by atoms with E-state index in [1.807, 2.05) is 13.0 Å². The Balaban J connectivity index is 0.00000200. The minimum atomic E-state index is -3.49. The molecule has 0 saturated heterocycles. The van der Waals surface area contributed by atoms with Gasteiger partial charge in [0.2, 0.25) is 10.0 Å². The average Bonchev–Trinajstić information content (AvgIpc) is 2.78. The first-order chi connectivity index (χ1) is 8.94. The Kier molecular flexibility index (Phi) is 6.47. The zero-order valence-electron chi connectivity index (χ0n) is 11.3. The predicted octanol–water partition coefficient (Wildman–Crippen LogP) is 2.59. The number of hydrogen-bond acceptors (Lipinski definition) is 3. The third kappa shape index (κ3) is 3.95. The molecular weight excluding hydrogens is 364 g/mol. The molecule has 1 saturated carbocycles. The molecule has 0 amide bonds. The van der Waals surface area contributed by atoms with Crippen molar-refractivity contribution in [1.82, 2.24) is 4.72 Å². The van der Waals surface area contributed by atoms with Crippen LogP contribution in [-0.2, 0) is 10.0 Å². The van der Waals surface area contributed by atoms with Gasteiger partial charge in [0, 0.05) is 10.5 Å². The van der Waals surface area contributed by atoms with Gasteiger partial charge in [0.15, 0.2) is 0 Å². The van der Waals surface area contributed by atoms with E-state index in [0.717, 1.165) is 24.8 Å². The van der Waals surface area contributed by atoms with Crippen molar-refractivity contribution in [3.05, 3.63) is 28.2 Å². The topological polar surface area (TPSA) is 72.2 Å².